The van der Waals surface area contributed by atoms with E-state index >= 15 is 0 Å². The number of fused-ring (bicyclic) bond motifs is 1. The zero-order chi connectivity index (χ0) is 18.2. The highest BCUT2D eigenvalue weighted by molar-refractivity contribution is 6.00. The third kappa shape index (κ3) is 3.63. The van der Waals surface area contributed by atoms with E-state index in [4.69, 9.17) is 9.84 Å². The SMILES string of the molecule is CC(C)(C)OC(=O)N1CCCc2c(C(=O)N3CC(CO)C3)cccc21. The monoisotopic (exact) mass is 346 g/mol. The van der Waals surface area contributed by atoms with Crippen molar-refractivity contribution in [3.05, 3.63) is 29.3 Å². The molecule has 0 aliphatic carbocycles. The van der Waals surface area contributed by atoms with Crippen molar-refractivity contribution >= 4 is 17.7 Å². The summed E-state index contributed by atoms with van der Waals surface area (Å²) in [6, 6.07) is 5.52. The van der Waals surface area contributed by atoms with Gasteiger partial charge in [-0.3, -0.25) is 9.69 Å². The molecule has 2 heterocycles. The van der Waals surface area contributed by atoms with Gasteiger partial charge in [0.2, 0.25) is 0 Å². The number of nitrogens with zero attached hydrogens (tertiary/aromatic N) is 2. The summed E-state index contributed by atoms with van der Waals surface area (Å²) in [6.07, 6.45) is 1.20. The van der Waals surface area contributed by atoms with Gasteiger partial charge in [-0.05, 0) is 51.3 Å². The van der Waals surface area contributed by atoms with Crippen molar-refractivity contribution in [3.63, 3.8) is 0 Å². The molecule has 6 nitrogen and oxygen atoms in total. The normalized spacial score (nSPS) is 17.8. The maximum absolute atomic E-state index is 12.8. The summed E-state index contributed by atoms with van der Waals surface area (Å²) in [7, 11) is 0. The molecular weight excluding hydrogens is 320 g/mol. The van der Waals surface area contributed by atoms with Crippen LogP contribution in [-0.2, 0) is 11.2 Å². The molecule has 0 spiro atoms. The number of ether oxygens (including phenoxy) is 1. The van der Waals surface area contributed by atoms with E-state index in [0.717, 1.165) is 24.1 Å². The van der Waals surface area contributed by atoms with Gasteiger partial charge in [0.15, 0.2) is 0 Å². The second kappa shape index (κ2) is 6.67. The standard InChI is InChI=1S/C19H26N2O4/c1-19(2,3)25-18(24)21-9-5-7-14-15(6-4-8-16(14)21)17(23)20-10-13(11-20)12-22/h4,6,8,13,22H,5,7,9-12H2,1-3H3. The van der Waals surface area contributed by atoms with Gasteiger partial charge in [0.25, 0.3) is 5.91 Å². The molecule has 1 fully saturated rings. The third-order valence-corrected chi connectivity index (χ3v) is 4.60. The first-order valence-corrected chi connectivity index (χ1v) is 8.82. The fourth-order valence-electron chi connectivity index (χ4n) is 3.35. The highest BCUT2D eigenvalue weighted by atomic mass is 16.6. The third-order valence-electron chi connectivity index (χ3n) is 4.60. The Labute approximate surface area is 148 Å². The first-order valence-electron chi connectivity index (χ1n) is 8.82. The van der Waals surface area contributed by atoms with E-state index < -0.39 is 5.60 Å². The molecular formula is C19H26N2O4. The molecule has 3 rings (SSSR count). The van der Waals surface area contributed by atoms with E-state index in [1.54, 1.807) is 9.80 Å². The number of carbonyl (C=O) groups excluding carboxylic acids is 2. The Kier molecular flexibility index (Phi) is 4.73. The van der Waals surface area contributed by atoms with Crippen LogP contribution < -0.4 is 4.90 Å². The first-order chi connectivity index (χ1) is 11.8. The van der Waals surface area contributed by atoms with E-state index in [0.29, 0.717) is 25.2 Å². The van der Waals surface area contributed by atoms with Crippen molar-refractivity contribution in [2.75, 3.05) is 31.1 Å². The predicted molar refractivity (Wildman–Crippen MR) is 94.8 cm³/mol. The number of amides is 2. The zero-order valence-corrected chi connectivity index (χ0v) is 15.1. The zero-order valence-electron chi connectivity index (χ0n) is 15.1. The Morgan fingerprint density at radius 3 is 2.64 bits per heavy atom. The molecule has 2 amide bonds. The van der Waals surface area contributed by atoms with Crippen LogP contribution in [0.3, 0.4) is 0 Å². The molecule has 2 aliphatic heterocycles. The summed E-state index contributed by atoms with van der Waals surface area (Å²) in [5.74, 6) is 0.161. The van der Waals surface area contributed by atoms with Gasteiger partial charge in [-0.2, -0.15) is 0 Å². The van der Waals surface area contributed by atoms with E-state index in [1.165, 1.54) is 0 Å². The molecule has 2 aliphatic rings. The van der Waals surface area contributed by atoms with Crippen LogP contribution in [-0.4, -0.2) is 53.8 Å². The number of aliphatic hydroxyl groups excluding tert-OH is 1. The van der Waals surface area contributed by atoms with Crippen LogP contribution in [0, 0.1) is 5.92 Å². The van der Waals surface area contributed by atoms with Gasteiger partial charge in [-0.15, -0.1) is 0 Å². The van der Waals surface area contributed by atoms with Crippen LogP contribution in [0.15, 0.2) is 18.2 Å². The lowest BCUT2D eigenvalue weighted by atomic mass is 9.93. The minimum atomic E-state index is -0.556. The molecule has 1 aromatic rings. The topological polar surface area (TPSA) is 70.1 Å². The van der Waals surface area contributed by atoms with Crippen LogP contribution in [0.4, 0.5) is 10.5 Å². The van der Waals surface area contributed by atoms with Crippen LogP contribution in [0.5, 0.6) is 0 Å². The lowest BCUT2D eigenvalue weighted by Crippen LogP contribution is -2.51. The number of carbonyl (C=O) groups is 2. The van der Waals surface area contributed by atoms with Gasteiger partial charge in [0.1, 0.15) is 5.60 Å². The van der Waals surface area contributed by atoms with E-state index in [9.17, 15) is 9.59 Å². The molecule has 25 heavy (non-hydrogen) atoms. The molecule has 6 heteroatoms. The average Bonchev–Trinajstić information content (AvgIpc) is 2.51. The largest absolute Gasteiger partial charge is 0.443 e. The molecule has 0 unspecified atom stereocenters. The van der Waals surface area contributed by atoms with E-state index in [2.05, 4.69) is 0 Å². The minimum absolute atomic E-state index is 0.0208. The maximum atomic E-state index is 12.8. The van der Waals surface area contributed by atoms with Crippen molar-refractivity contribution in [1.29, 1.82) is 0 Å². The molecule has 0 atom stereocenters. The van der Waals surface area contributed by atoms with Crippen molar-refractivity contribution in [1.82, 2.24) is 4.90 Å². The average molecular weight is 346 g/mol. The summed E-state index contributed by atoms with van der Waals surface area (Å²) in [5, 5.41) is 9.14. The van der Waals surface area contributed by atoms with Crippen molar-refractivity contribution < 1.29 is 19.4 Å². The number of rotatable bonds is 2. The highest BCUT2D eigenvalue weighted by Crippen LogP contribution is 2.32. The molecule has 0 aromatic heterocycles. The van der Waals surface area contributed by atoms with Gasteiger partial charge in [0, 0.05) is 37.7 Å². The molecule has 0 radical (unpaired) electrons. The van der Waals surface area contributed by atoms with Crippen molar-refractivity contribution in [2.24, 2.45) is 5.92 Å². The van der Waals surface area contributed by atoms with Gasteiger partial charge in [-0.25, -0.2) is 4.79 Å². The number of likely N-dealkylation sites (tertiary alicyclic amines) is 1. The number of anilines is 1. The molecule has 0 saturated carbocycles. The fourth-order valence-corrected chi connectivity index (χ4v) is 3.35. The Hall–Kier alpha value is -2.08. The Balaban J connectivity index is 1.84. The fraction of sp³-hybridized carbons (Fsp3) is 0.579. The van der Waals surface area contributed by atoms with E-state index in [-0.39, 0.29) is 24.5 Å². The molecule has 136 valence electrons. The van der Waals surface area contributed by atoms with Crippen molar-refractivity contribution in [2.45, 2.75) is 39.2 Å². The van der Waals surface area contributed by atoms with Crippen LogP contribution in [0.2, 0.25) is 0 Å². The van der Waals surface area contributed by atoms with Crippen LogP contribution in [0.1, 0.15) is 43.1 Å². The predicted octanol–water partition coefficient (Wildman–Crippen LogP) is 2.44. The second-order valence-corrected chi connectivity index (χ2v) is 7.80. The molecule has 1 saturated heterocycles. The highest BCUT2D eigenvalue weighted by Gasteiger charge is 2.34. The van der Waals surface area contributed by atoms with Crippen LogP contribution >= 0.6 is 0 Å². The first kappa shape index (κ1) is 17.7. The lowest BCUT2D eigenvalue weighted by Gasteiger charge is -2.39. The minimum Gasteiger partial charge on any atom is -0.443 e. The van der Waals surface area contributed by atoms with Crippen molar-refractivity contribution in [3.8, 4) is 0 Å². The molecule has 1 N–H and O–H groups in total. The number of benzene rings is 1. The smallest absolute Gasteiger partial charge is 0.414 e. The van der Waals surface area contributed by atoms with Crippen LogP contribution in [0.25, 0.3) is 0 Å². The number of hydrogen-bond donors (Lipinski definition) is 1. The molecule has 1 aromatic carbocycles. The second-order valence-electron chi connectivity index (χ2n) is 7.80. The summed E-state index contributed by atoms with van der Waals surface area (Å²) in [6.45, 7) is 7.42. The lowest BCUT2D eigenvalue weighted by molar-refractivity contribution is 0.0360. The summed E-state index contributed by atoms with van der Waals surface area (Å²) in [5.41, 5.74) is 1.78. The summed E-state index contributed by atoms with van der Waals surface area (Å²) >= 11 is 0. The van der Waals surface area contributed by atoms with Gasteiger partial charge < -0.3 is 14.7 Å². The van der Waals surface area contributed by atoms with E-state index in [1.807, 2.05) is 39.0 Å². The maximum Gasteiger partial charge on any atom is 0.414 e. The Bertz CT molecular complexity index is 674. The quantitative estimate of drug-likeness (QED) is 0.893. The van der Waals surface area contributed by atoms with Gasteiger partial charge in [0.05, 0.1) is 5.69 Å². The summed E-state index contributed by atoms with van der Waals surface area (Å²) < 4.78 is 5.51. The van der Waals surface area contributed by atoms with Gasteiger partial charge >= 0.3 is 6.09 Å². The Morgan fingerprint density at radius 1 is 1.28 bits per heavy atom. The number of aliphatic hydroxyl groups is 1. The summed E-state index contributed by atoms with van der Waals surface area (Å²) in [4.78, 5) is 28.7. The van der Waals surface area contributed by atoms with Gasteiger partial charge in [-0.1, -0.05) is 6.07 Å². The number of hydrogen-bond acceptors (Lipinski definition) is 4. The molecule has 0 bridgehead atoms. The Morgan fingerprint density at radius 2 is 2.00 bits per heavy atom.